The summed E-state index contributed by atoms with van der Waals surface area (Å²) in [4.78, 5) is 4.55. The molecule has 1 unspecified atom stereocenters. The molecule has 0 radical (unpaired) electrons. The van der Waals surface area contributed by atoms with Gasteiger partial charge in [-0.25, -0.2) is 4.98 Å². The summed E-state index contributed by atoms with van der Waals surface area (Å²) in [7, 11) is 0. The zero-order chi connectivity index (χ0) is 10.2. The van der Waals surface area contributed by atoms with Crippen LogP contribution in [0.2, 0.25) is 0 Å². The van der Waals surface area contributed by atoms with Gasteiger partial charge in [0.15, 0.2) is 0 Å². The van der Waals surface area contributed by atoms with Gasteiger partial charge in [0, 0.05) is 0 Å². The second kappa shape index (κ2) is 3.33. The SMILES string of the molecule is CCC(C)(N)c1nc2ccccc2s1. The molecule has 0 aliphatic heterocycles. The second-order valence-corrected chi connectivity index (χ2v) is 4.79. The first-order valence-corrected chi connectivity index (χ1v) is 5.60. The van der Waals surface area contributed by atoms with Gasteiger partial charge >= 0.3 is 0 Å². The van der Waals surface area contributed by atoms with E-state index in [9.17, 15) is 0 Å². The molecule has 0 bridgehead atoms. The largest absolute Gasteiger partial charge is 0.320 e. The minimum absolute atomic E-state index is 0.288. The molecule has 1 aromatic heterocycles. The molecule has 0 spiro atoms. The van der Waals surface area contributed by atoms with Crippen molar-refractivity contribution in [1.82, 2.24) is 4.98 Å². The molecule has 2 N–H and O–H groups in total. The van der Waals surface area contributed by atoms with Gasteiger partial charge in [0.2, 0.25) is 0 Å². The van der Waals surface area contributed by atoms with Gasteiger partial charge in [-0.3, -0.25) is 0 Å². The highest BCUT2D eigenvalue weighted by atomic mass is 32.1. The van der Waals surface area contributed by atoms with Crippen molar-refractivity contribution in [1.29, 1.82) is 0 Å². The third-order valence-corrected chi connectivity index (χ3v) is 3.83. The summed E-state index contributed by atoms with van der Waals surface area (Å²) in [6.45, 7) is 4.12. The number of nitrogens with zero attached hydrogens (tertiary/aromatic N) is 1. The van der Waals surface area contributed by atoms with Gasteiger partial charge in [-0.15, -0.1) is 11.3 Å². The molecule has 3 heteroatoms. The predicted octanol–water partition coefficient (Wildman–Crippen LogP) is 2.88. The summed E-state index contributed by atoms with van der Waals surface area (Å²) >= 11 is 1.69. The molecule has 2 nitrogen and oxygen atoms in total. The lowest BCUT2D eigenvalue weighted by Crippen LogP contribution is -2.31. The van der Waals surface area contributed by atoms with Crippen LogP contribution in [0.5, 0.6) is 0 Å². The zero-order valence-corrected chi connectivity index (χ0v) is 9.27. The molecule has 0 fully saturated rings. The van der Waals surface area contributed by atoms with E-state index in [1.54, 1.807) is 11.3 Å². The fourth-order valence-electron chi connectivity index (χ4n) is 1.27. The number of nitrogens with two attached hydrogens (primary N) is 1. The highest BCUT2D eigenvalue weighted by molar-refractivity contribution is 7.18. The van der Waals surface area contributed by atoms with Gasteiger partial charge in [-0.1, -0.05) is 19.1 Å². The molecule has 14 heavy (non-hydrogen) atoms. The van der Waals surface area contributed by atoms with Crippen molar-refractivity contribution in [3.05, 3.63) is 29.3 Å². The number of rotatable bonds is 2. The molecule has 74 valence electrons. The van der Waals surface area contributed by atoms with E-state index in [4.69, 9.17) is 5.73 Å². The van der Waals surface area contributed by atoms with Crippen LogP contribution in [0.25, 0.3) is 10.2 Å². The van der Waals surface area contributed by atoms with Crippen LogP contribution in [0, 0.1) is 0 Å². The summed E-state index contributed by atoms with van der Waals surface area (Å²) < 4.78 is 1.22. The van der Waals surface area contributed by atoms with Gasteiger partial charge in [0.1, 0.15) is 5.01 Å². The monoisotopic (exact) mass is 206 g/mol. The summed E-state index contributed by atoms with van der Waals surface area (Å²) in [5.41, 5.74) is 6.91. The topological polar surface area (TPSA) is 38.9 Å². The average molecular weight is 206 g/mol. The van der Waals surface area contributed by atoms with Crippen molar-refractivity contribution < 1.29 is 0 Å². The Kier molecular flexibility index (Phi) is 2.29. The molecule has 1 heterocycles. The van der Waals surface area contributed by atoms with Gasteiger partial charge in [-0.2, -0.15) is 0 Å². The minimum atomic E-state index is -0.288. The van der Waals surface area contributed by atoms with E-state index in [2.05, 4.69) is 18.0 Å². The number of hydrogen-bond acceptors (Lipinski definition) is 3. The second-order valence-electron chi connectivity index (χ2n) is 3.76. The lowest BCUT2D eigenvalue weighted by molar-refractivity contribution is 0.474. The average Bonchev–Trinajstić information content (AvgIpc) is 2.61. The number of thiazole rings is 1. The third-order valence-electron chi connectivity index (χ3n) is 2.52. The van der Waals surface area contributed by atoms with Crippen molar-refractivity contribution in [2.24, 2.45) is 5.73 Å². The van der Waals surface area contributed by atoms with E-state index in [-0.39, 0.29) is 5.54 Å². The number of benzene rings is 1. The van der Waals surface area contributed by atoms with Gasteiger partial charge in [-0.05, 0) is 25.5 Å². The Labute approximate surface area is 87.8 Å². The highest BCUT2D eigenvalue weighted by Crippen LogP contribution is 2.29. The van der Waals surface area contributed by atoms with E-state index in [1.165, 1.54) is 4.70 Å². The Balaban J connectivity index is 2.55. The summed E-state index contributed by atoms with van der Waals surface area (Å²) in [6.07, 6.45) is 0.910. The fourth-order valence-corrected chi connectivity index (χ4v) is 2.36. The summed E-state index contributed by atoms with van der Waals surface area (Å²) in [5, 5.41) is 1.03. The molecule has 2 aromatic rings. The van der Waals surface area contributed by atoms with E-state index in [0.717, 1.165) is 16.9 Å². The van der Waals surface area contributed by atoms with E-state index in [1.807, 2.05) is 25.1 Å². The Morgan fingerprint density at radius 1 is 1.43 bits per heavy atom. The Hall–Kier alpha value is -0.930. The molecular weight excluding hydrogens is 192 g/mol. The standard InChI is InChI=1S/C11H14N2S/c1-3-11(2,12)10-13-8-6-4-5-7-9(8)14-10/h4-7H,3,12H2,1-2H3. The highest BCUT2D eigenvalue weighted by Gasteiger charge is 2.22. The van der Waals surface area contributed by atoms with Crippen LogP contribution >= 0.6 is 11.3 Å². The first-order chi connectivity index (χ1) is 6.63. The Morgan fingerprint density at radius 3 is 2.79 bits per heavy atom. The van der Waals surface area contributed by atoms with Gasteiger partial charge in [0.05, 0.1) is 15.8 Å². The van der Waals surface area contributed by atoms with Crippen LogP contribution in [0.15, 0.2) is 24.3 Å². The van der Waals surface area contributed by atoms with Crippen LogP contribution in [0.3, 0.4) is 0 Å². The van der Waals surface area contributed by atoms with Crippen LogP contribution in [0.4, 0.5) is 0 Å². The summed E-state index contributed by atoms with van der Waals surface area (Å²) in [5.74, 6) is 0. The molecule has 0 aliphatic carbocycles. The summed E-state index contributed by atoms with van der Waals surface area (Å²) in [6, 6.07) is 8.15. The maximum absolute atomic E-state index is 6.15. The Bertz CT molecular complexity index is 412. The minimum Gasteiger partial charge on any atom is -0.320 e. The first-order valence-electron chi connectivity index (χ1n) is 4.78. The maximum atomic E-state index is 6.15. The molecule has 1 aromatic carbocycles. The lowest BCUT2D eigenvalue weighted by atomic mass is 10.0. The number of hydrogen-bond donors (Lipinski definition) is 1. The fraction of sp³-hybridized carbons (Fsp3) is 0.364. The van der Waals surface area contributed by atoms with Crippen LogP contribution in [0.1, 0.15) is 25.3 Å². The van der Waals surface area contributed by atoms with Crippen molar-refractivity contribution in [2.75, 3.05) is 0 Å². The van der Waals surface area contributed by atoms with Crippen molar-refractivity contribution >= 4 is 21.6 Å². The molecule has 1 atom stereocenters. The first kappa shape index (κ1) is 9.62. The van der Waals surface area contributed by atoms with Crippen molar-refractivity contribution in [3.63, 3.8) is 0 Å². The molecule has 0 aliphatic rings. The molecule has 0 saturated heterocycles. The normalized spacial score (nSPS) is 15.6. The van der Waals surface area contributed by atoms with Crippen molar-refractivity contribution in [3.8, 4) is 0 Å². The van der Waals surface area contributed by atoms with E-state index in [0.29, 0.717) is 0 Å². The number of fused-ring (bicyclic) bond motifs is 1. The van der Waals surface area contributed by atoms with Gasteiger partial charge in [0.25, 0.3) is 0 Å². The molecule has 0 amide bonds. The van der Waals surface area contributed by atoms with Gasteiger partial charge < -0.3 is 5.73 Å². The molecule has 2 rings (SSSR count). The maximum Gasteiger partial charge on any atom is 0.113 e. The zero-order valence-electron chi connectivity index (χ0n) is 8.45. The number of para-hydroxylation sites is 1. The van der Waals surface area contributed by atoms with E-state index < -0.39 is 0 Å². The lowest BCUT2D eigenvalue weighted by Gasteiger charge is -2.18. The molecular formula is C11H14N2S. The van der Waals surface area contributed by atoms with E-state index >= 15 is 0 Å². The molecule has 0 saturated carbocycles. The third kappa shape index (κ3) is 1.53. The number of aromatic nitrogens is 1. The quantitative estimate of drug-likeness (QED) is 0.820. The smallest absolute Gasteiger partial charge is 0.113 e. The van der Waals surface area contributed by atoms with Crippen LogP contribution in [-0.2, 0) is 5.54 Å². The van der Waals surface area contributed by atoms with Crippen molar-refractivity contribution in [2.45, 2.75) is 25.8 Å². The predicted molar refractivity (Wildman–Crippen MR) is 61.5 cm³/mol. The Morgan fingerprint density at radius 2 is 2.14 bits per heavy atom. The van der Waals surface area contributed by atoms with Crippen LogP contribution < -0.4 is 5.73 Å². The van der Waals surface area contributed by atoms with Crippen LogP contribution in [-0.4, -0.2) is 4.98 Å².